The first-order chi connectivity index (χ1) is 5.79. The Labute approximate surface area is 70.2 Å². The molecule has 2 rings (SSSR count). The maximum absolute atomic E-state index is 10.5. The van der Waals surface area contributed by atoms with Crippen LogP contribution in [0.5, 0.6) is 0 Å². The summed E-state index contributed by atoms with van der Waals surface area (Å²) >= 11 is 0. The Morgan fingerprint density at radius 3 is 2.42 bits per heavy atom. The summed E-state index contributed by atoms with van der Waals surface area (Å²) in [6.07, 6.45) is 0. The fourth-order valence-electron chi connectivity index (χ4n) is 1.71. The number of nitrogens with two attached hydrogens (primary N) is 1. The number of ether oxygens (including phenoxy) is 2. The van der Waals surface area contributed by atoms with Crippen LogP contribution in [0.3, 0.4) is 0 Å². The van der Waals surface area contributed by atoms with Crippen LogP contribution in [0.15, 0.2) is 0 Å². The molecular formula is C7H12N2O3. The molecule has 3 N–H and O–H groups in total. The van der Waals surface area contributed by atoms with Crippen molar-refractivity contribution in [2.24, 2.45) is 17.6 Å². The van der Waals surface area contributed by atoms with Gasteiger partial charge < -0.3 is 20.5 Å². The number of rotatable bonds is 1. The molecule has 1 aliphatic heterocycles. The van der Waals surface area contributed by atoms with Gasteiger partial charge in [-0.1, -0.05) is 0 Å². The fraction of sp³-hybridized carbons (Fsp3) is 0.857. The van der Waals surface area contributed by atoms with E-state index in [0.29, 0.717) is 31.8 Å². The Morgan fingerprint density at radius 1 is 1.33 bits per heavy atom. The minimum absolute atomic E-state index is 0.169. The standard InChI is InChI=1S/C7H12N2O3/c8-7(10)9-6-4-1-11-3-12-2-5(4)6/h4-6H,1-3H2,(H3,8,9,10)/t4-,5+,6+. The zero-order chi connectivity index (χ0) is 8.55. The minimum Gasteiger partial charge on any atom is -0.355 e. The first kappa shape index (κ1) is 7.82. The topological polar surface area (TPSA) is 73.6 Å². The zero-order valence-corrected chi connectivity index (χ0v) is 6.66. The van der Waals surface area contributed by atoms with E-state index in [9.17, 15) is 4.79 Å². The van der Waals surface area contributed by atoms with Crippen LogP contribution in [0, 0.1) is 11.8 Å². The van der Waals surface area contributed by atoms with Crippen LogP contribution in [0.1, 0.15) is 0 Å². The van der Waals surface area contributed by atoms with E-state index in [1.54, 1.807) is 0 Å². The third-order valence-electron chi connectivity index (χ3n) is 2.43. The van der Waals surface area contributed by atoms with Crippen molar-refractivity contribution in [3.63, 3.8) is 0 Å². The molecule has 0 bridgehead atoms. The molecule has 0 aromatic heterocycles. The third-order valence-corrected chi connectivity index (χ3v) is 2.43. The van der Waals surface area contributed by atoms with Crippen LogP contribution in [0.25, 0.3) is 0 Å². The number of carbonyl (C=O) groups excluding carboxylic acids is 1. The van der Waals surface area contributed by atoms with Gasteiger partial charge in [0.2, 0.25) is 0 Å². The van der Waals surface area contributed by atoms with Gasteiger partial charge in [0.15, 0.2) is 0 Å². The molecule has 1 saturated carbocycles. The molecule has 68 valence electrons. The summed E-state index contributed by atoms with van der Waals surface area (Å²) in [4.78, 5) is 10.5. The first-order valence-corrected chi connectivity index (χ1v) is 4.00. The maximum Gasteiger partial charge on any atom is 0.312 e. The number of primary amides is 1. The second-order valence-electron chi connectivity index (χ2n) is 3.22. The van der Waals surface area contributed by atoms with E-state index in [0.717, 1.165) is 0 Å². The molecule has 1 heterocycles. The van der Waals surface area contributed by atoms with Crippen molar-refractivity contribution in [2.45, 2.75) is 6.04 Å². The van der Waals surface area contributed by atoms with Crippen LogP contribution < -0.4 is 11.1 Å². The van der Waals surface area contributed by atoms with Gasteiger partial charge in [0.05, 0.1) is 13.2 Å². The fourth-order valence-corrected chi connectivity index (χ4v) is 1.71. The molecule has 12 heavy (non-hydrogen) atoms. The summed E-state index contributed by atoms with van der Waals surface area (Å²) in [5.74, 6) is 0.806. The van der Waals surface area contributed by atoms with Crippen molar-refractivity contribution in [3.8, 4) is 0 Å². The highest BCUT2D eigenvalue weighted by molar-refractivity contribution is 5.72. The number of urea groups is 1. The molecule has 2 fully saturated rings. The van der Waals surface area contributed by atoms with Gasteiger partial charge in [-0.25, -0.2) is 4.79 Å². The number of hydrogen-bond acceptors (Lipinski definition) is 3. The van der Waals surface area contributed by atoms with Crippen LogP contribution >= 0.6 is 0 Å². The average molecular weight is 172 g/mol. The predicted molar refractivity (Wildman–Crippen MR) is 40.3 cm³/mol. The molecule has 1 saturated heterocycles. The van der Waals surface area contributed by atoms with E-state index in [4.69, 9.17) is 15.2 Å². The van der Waals surface area contributed by atoms with Crippen molar-refractivity contribution < 1.29 is 14.3 Å². The lowest BCUT2D eigenvalue weighted by Crippen LogP contribution is -2.33. The smallest absolute Gasteiger partial charge is 0.312 e. The van der Waals surface area contributed by atoms with Crippen LogP contribution in [0.4, 0.5) is 4.79 Å². The molecule has 0 aromatic rings. The SMILES string of the molecule is NC(=O)N[C@H]1[C@@H]2COCOC[C@@H]21. The summed E-state index contributed by atoms with van der Waals surface area (Å²) in [7, 11) is 0. The van der Waals surface area contributed by atoms with Crippen molar-refractivity contribution in [1.82, 2.24) is 5.32 Å². The maximum atomic E-state index is 10.5. The number of hydrogen-bond donors (Lipinski definition) is 2. The van der Waals surface area contributed by atoms with Gasteiger partial charge in [0.1, 0.15) is 6.79 Å². The summed E-state index contributed by atoms with van der Waals surface area (Å²) < 4.78 is 10.3. The minimum atomic E-state index is -0.465. The monoisotopic (exact) mass is 172 g/mol. The summed E-state index contributed by atoms with van der Waals surface area (Å²) in [6, 6.07) is -0.295. The first-order valence-electron chi connectivity index (χ1n) is 4.00. The second-order valence-corrected chi connectivity index (χ2v) is 3.22. The highest BCUT2D eigenvalue weighted by atomic mass is 16.7. The van der Waals surface area contributed by atoms with Crippen molar-refractivity contribution in [1.29, 1.82) is 0 Å². The van der Waals surface area contributed by atoms with E-state index >= 15 is 0 Å². The Hall–Kier alpha value is -0.810. The largest absolute Gasteiger partial charge is 0.355 e. The van der Waals surface area contributed by atoms with Crippen LogP contribution in [-0.4, -0.2) is 32.1 Å². The van der Waals surface area contributed by atoms with Crippen LogP contribution in [0.2, 0.25) is 0 Å². The van der Waals surface area contributed by atoms with Gasteiger partial charge in [-0.2, -0.15) is 0 Å². The number of nitrogens with one attached hydrogen (secondary N) is 1. The highest BCUT2D eigenvalue weighted by Crippen LogP contribution is 2.40. The molecule has 3 atom stereocenters. The molecule has 0 unspecified atom stereocenters. The summed E-state index contributed by atoms with van der Waals surface area (Å²) in [5.41, 5.74) is 5.00. The van der Waals surface area contributed by atoms with Gasteiger partial charge >= 0.3 is 6.03 Å². The lowest BCUT2D eigenvalue weighted by atomic mass is 10.3. The highest BCUT2D eigenvalue weighted by Gasteiger charge is 2.51. The predicted octanol–water partition coefficient (Wildman–Crippen LogP) is -0.726. The molecule has 0 radical (unpaired) electrons. The normalized spacial score (nSPS) is 39.5. The Bertz CT molecular complexity index is 185. The molecule has 0 spiro atoms. The molecule has 2 amide bonds. The summed E-state index contributed by atoms with van der Waals surface area (Å²) in [5, 5.41) is 2.67. The quantitative estimate of drug-likeness (QED) is 0.548. The van der Waals surface area contributed by atoms with Gasteiger partial charge in [-0.15, -0.1) is 0 Å². The Balaban J connectivity index is 1.85. The Morgan fingerprint density at radius 2 is 1.92 bits per heavy atom. The van der Waals surface area contributed by atoms with Crippen molar-refractivity contribution in [3.05, 3.63) is 0 Å². The van der Waals surface area contributed by atoms with Crippen molar-refractivity contribution >= 4 is 6.03 Å². The van der Waals surface area contributed by atoms with Gasteiger partial charge in [-0.05, 0) is 0 Å². The summed E-state index contributed by atoms with van der Waals surface area (Å²) in [6.45, 7) is 1.70. The van der Waals surface area contributed by atoms with E-state index in [2.05, 4.69) is 5.32 Å². The molecular weight excluding hydrogens is 160 g/mol. The lowest BCUT2D eigenvalue weighted by molar-refractivity contribution is -0.0437. The van der Waals surface area contributed by atoms with Gasteiger partial charge in [-0.3, -0.25) is 0 Å². The molecule has 0 aromatic carbocycles. The number of carbonyl (C=O) groups is 1. The van der Waals surface area contributed by atoms with E-state index in [-0.39, 0.29) is 6.04 Å². The molecule has 1 aliphatic carbocycles. The zero-order valence-electron chi connectivity index (χ0n) is 6.66. The molecule has 2 aliphatic rings. The van der Waals surface area contributed by atoms with Gasteiger partial charge in [0, 0.05) is 17.9 Å². The van der Waals surface area contributed by atoms with E-state index in [1.807, 2.05) is 0 Å². The average Bonchev–Trinajstić information content (AvgIpc) is 2.66. The third kappa shape index (κ3) is 1.37. The Kier molecular flexibility index (Phi) is 1.90. The van der Waals surface area contributed by atoms with Crippen LogP contribution in [-0.2, 0) is 9.47 Å². The number of amides is 2. The van der Waals surface area contributed by atoms with E-state index in [1.165, 1.54) is 0 Å². The number of fused-ring (bicyclic) bond motifs is 1. The molecule has 5 heteroatoms. The lowest BCUT2D eigenvalue weighted by Gasteiger charge is -2.04. The van der Waals surface area contributed by atoms with E-state index < -0.39 is 6.03 Å². The molecule has 5 nitrogen and oxygen atoms in total. The van der Waals surface area contributed by atoms with Gasteiger partial charge in [0.25, 0.3) is 0 Å². The second kappa shape index (κ2) is 2.91. The van der Waals surface area contributed by atoms with Crippen molar-refractivity contribution in [2.75, 3.05) is 20.0 Å².